The SMILES string of the molecule is N#Cc1c2cccccc-2nc1N1CCCCC1. The molecule has 18 heavy (non-hydrogen) atoms. The van der Waals surface area contributed by atoms with Crippen molar-refractivity contribution in [3.8, 4) is 17.3 Å². The molecule has 1 saturated heterocycles. The van der Waals surface area contributed by atoms with E-state index in [1.54, 1.807) is 0 Å². The van der Waals surface area contributed by atoms with Crippen LogP contribution in [0, 0.1) is 11.3 Å². The highest BCUT2D eigenvalue weighted by molar-refractivity contribution is 5.78. The second-order valence-corrected chi connectivity index (χ2v) is 4.68. The third-order valence-corrected chi connectivity index (χ3v) is 3.50. The van der Waals surface area contributed by atoms with Crippen molar-refractivity contribution in [1.29, 1.82) is 5.26 Å². The quantitative estimate of drug-likeness (QED) is 0.765. The number of nitriles is 1. The van der Waals surface area contributed by atoms with Gasteiger partial charge in [0, 0.05) is 18.7 Å². The number of anilines is 1. The van der Waals surface area contributed by atoms with Crippen LogP contribution in [0.4, 0.5) is 5.82 Å². The largest absolute Gasteiger partial charge is 0.355 e. The van der Waals surface area contributed by atoms with Crippen molar-refractivity contribution in [2.75, 3.05) is 18.0 Å². The van der Waals surface area contributed by atoms with Crippen molar-refractivity contribution >= 4 is 5.82 Å². The van der Waals surface area contributed by atoms with E-state index in [0.29, 0.717) is 0 Å². The summed E-state index contributed by atoms with van der Waals surface area (Å²) in [5.41, 5.74) is 2.60. The Kier molecular flexibility index (Phi) is 2.85. The number of aromatic nitrogens is 1. The van der Waals surface area contributed by atoms with Crippen LogP contribution < -0.4 is 4.90 Å². The third kappa shape index (κ3) is 1.80. The number of nitrogens with zero attached hydrogens (tertiary/aromatic N) is 3. The first-order valence-corrected chi connectivity index (χ1v) is 6.44. The molecule has 0 aromatic rings. The maximum atomic E-state index is 9.40. The topological polar surface area (TPSA) is 39.9 Å². The monoisotopic (exact) mass is 237 g/mol. The number of fused-ring (bicyclic) bond motifs is 1. The Hall–Kier alpha value is -2.08. The van der Waals surface area contributed by atoms with E-state index in [9.17, 15) is 5.26 Å². The molecule has 2 aliphatic heterocycles. The van der Waals surface area contributed by atoms with Gasteiger partial charge in [-0.1, -0.05) is 24.3 Å². The molecule has 0 radical (unpaired) electrons. The van der Waals surface area contributed by atoms with Crippen molar-refractivity contribution in [3.05, 3.63) is 35.9 Å². The lowest BCUT2D eigenvalue weighted by Gasteiger charge is -2.27. The first-order valence-electron chi connectivity index (χ1n) is 6.44. The molecule has 0 atom stereocenters. The molecular formula is C15H15N3. The molecule has 3 nitrogen and oxygen atoms in total. The molecule has 0 aromatic heterocycles. The highest BCUT2D eigenvalue weighted by atomic mass is 15.2. The molecular weight excluding hydrogens is 222 g/mol. The molecule has 1 fully saturated rings. The Morgan fingerprint density at radius 3 is 2.61 bits per heavy atom. The molecule has 0 aromatic carbocycles. The van der Waals surface area contributed by atoms with Crippen LogP contribution in [0.15, 0.2) is 30.3 Å². The minimum atomic E-state index is 0.725. The van der Waals surface area contributed by atoms with E-state index in [-0.39, 0.29) is 0 Å². The summed E-state index contributed by atoms with van der Waals surface area (Å²) < 4.78 is 0. The molecule has 0 unspecified atom stereocenters. The van der Waals surface area contributed by atoms with Crippen LogP contribution in [-0.4, -0.2) is 18.1 Å². The summed E-state index contributed by atoms with van der Waals surface area (Å²) in [6, 6.07) is 12.2. The molecule has 90 valence electrons. The molecule has 0 bridgehead atoms. The van der Waals surface area contributed by atoms with Gasteiger partial charge in [-0.05, 0) is 25.3 Å². The van der Waals surface area contributed by atoms with Gasteiger partial charge in [0.15, 0.2) is 0 Å². The highest BCUT2D eigenvalue weighted by Gasteiger charge is 2.22. The summed E-state index contributed by atoms with van der Waals surface area (Å²) in [5, 5.41) is 9.40. The van der Waals surface area contributed by atoms with Crippen LogP contribution in [0.3, 0.4) is 0 Å². The van der Waals surface area contributed by atoms with Gasteiger partial charge in [0.1, 0.15) is 17.5 Å². The summed E-state index contributed by atoms with van der Waals surface area (Å²) >= 11 is 0. The average Bonchev–Trinajstić information content (AvgIpc) is 2.61. The Morgan fingerprint density at radius 2 is 1.83 bits per heavy atom. The van der Waals surface area contributed by atoms with Gasteiger partial charge in [0.2, 0.25) is 0 Å². The molecule has 0 amide bonds. The second-order valence-electron chi connectivity index (χ2n) is 4.68. The van der Waals surface area contributed by atoms with Gasteiger partial charge < -0.3 is 4.90 Å². The van der Waals surface area contributed by atoms with Crippen molar-refractivity contribution in [3.63, 3.8) is 0 Å². The molecule has 3 heteroatoms. The maximum Gasteiger partial charge on any atom is 0.147 e. The fourth-order valence-electron chi connectivity index (χ4n) is 2.58. The lowest BCUT2D eigenvalue weighted by atomic mass is 10.1. The molecule has 1 aliphatic carbocycles. The minimum Gasteiger partial charge on any atom is -0.355 e. The standard InChI is InChI=1S/C15H15N3/c16-11-13-12-7-3-1-4-8-14(12)17-15(13)18-9-5-2-6-10-18/h1,3-4,7-8H,2,5-6,9-10H2. The van der Waals surface area contributed by atoms with E-state index in [2.05, 4.69) is 16.0 Å². The number of hydrogen-bond acceptors (Lipinski definition) is 3. The summed E-state index contributed by atoms with van der Waals surface area (Å²) in [6.07, 6.45) is 3.68. The van der Waals surface area contributed by atoms with Gasteiger partial charge >= 0.3 is 0 Å². The zero-order valence-corrected chi connectivity index (χ0v) is 10.3. The van der Waals surface area contributed by atoms with Gasteiger partial charge in [-0.3, -0.25) is 0 Å². The summed E-state index contributed by atoms with van der Waals surface area (Å²) in [7, 11) is 0. The van der Waals surface area contributed by atoms with E-state index in [4.69, 9.17) is 0 Å². The summed E-state index contributed by atoms with van der Waals surface area (Å²) in [5.74, 6) is 0.874. The van der Waals surface area contributed by atoms with Crippen LogP contribution in [-0.2, 0) is 0 Å². The molecule has 3 rings (SSSR count). The lowest BCUT2D eigenvalue weighted by molar-refractivity contribution is 0.574. The van der Waals surface area contributed by atoms with Gasteiger partial charge in [-0.15, -0.1) is 0 Å². The Bertz CT molecular complexity index is 565. The van der Waals surface area contributed by atoms with E-state index < -0.39 is 0 Å². The molecule has 3 aliphatic rings. The van der Waals surface area contributed by atoms with Gasteiger partial charge in [-0.25, -0.2) is 4.98 Å². The zero-order valence-electron chi connectivity index (χ0n) is 10.3. The second kappa shape index (κ2) is 4.66. The molecule has 2 heterocycles. The molecule has 0 spiro atoms. The van der Waals surface area contributed by atoms with Crippen LogP contribution in [0.1, 0.15) is 24.8 Å². The first kappa shape index (κ1) is 11.0. The van der Waals surface area contributed by atoms with Crippen LogP contribution in [0.2, 0.25) is 0 Å². The van der Waals surface area contributed by atoms with Crippen molar-refractivity contribution in [1.82, 2.24) is 4.98 Å². The van der Waals surface area contributed by atoms with Crippen molar-refractivity contribution in [2.24, 2.45) is 0 Å². The summed E-state index contributed by atoms with van der Waals surface area (Å²) in [4.78, 5) is 6.90. The highest BCUT2D eigenvalue weighted by Crippen LogP contribution is 2.33. The fraction of sp³-hybridized carbons (Fsp3) is 0.333. The number of rotatable bonds is 1. The van der Waals surface area contributed by atoms with Crippen LogP contribution in [0.5, 0.6) is 0 Å². The van der Waals surface area contributed by atoms with Crippen LogP contribution >= 0.6 is 0 Å². The molecule has 0 saturated carbocycles. The third-order valence-electron chi connectivity index (χ3n) is 3.50. The predicted octanol–water partition coefficient (Wildman–Crippen LogP) is 3.05. The smallest absolute Gasteiger partial charge is 0.147 e. The maximum absolute atomic E-state index is 9.40. The Morgan fingerprint density at radius 1 is 1.06 bits per heavy atom. The van der Waals surface area contributed by atoms with Gasteiger partial charge in [0.05, 0.1) is 5.69 Å². The lowest BCUT2D eigenvalue weighted by Crippen LogP contribution is -2.30. The van der Waals surface area contributed by atoms with Gasteiger partial charge in [0.25, 0.3) is 0 Å². The number of hydrogen-bond donors (Lipinski definition) is 0. The number of piperidine rings is 1. The van der Waals surface area contributed by atoms with E-state index in [0.717, 1.165) is 35.7 Å². The van der Waals surface area contributed by atoms with Gasteiger partial charge in [-0.2, -0.15) is 5.26 Å². The molecule has 0 N–H and O–H groups in total. The van der Waals surface area contributed by atoms with E-state index >= 15 is 0 Å². The van der Waals surface area contributed by atoms with Crippen LogP contribution in [0.25, 0.3) is 11.3 Å². The summed E-state index contributed by atoms with van der Waals surface area (Å²) in [6.45, 7) is 2.04. The van der Waals surface area contributed by atoms with Crippen molar-refractivity contribution in [2.45, 2.75) is 19.3 Å². The van der Waals surface area contributed by atoms with Crippen molar-refractivity contribution < 1.29 is 0 Å². The first-order chi connectivity index (χ1) is 8.90. The Labute approximate surface area is 107 Å². The van der Waals surface area contributed by atoms with E-state index in [1.165, 1.54) is 19.3 Å². The average molecular weight is 237 g/mol. The zero-order chi connectivity index (χ0) is 12.4. The van der Waals surface area contributed by atoms with E-state index in [1.807, 2.05) is 30.3 Å². The Balaban J connectivity index is 2.12. The fourth-order valence-corrected chi connectivity index (χ4v) is 2.58. The predicted molar refractivity (Wildman–Crippen MR) is 71.6 cm³/mol. The minimum absolute atomic E-state index is 0.725. The normalized spacial score (nSPS) is 15.6.